The SMILES string of the molecule is Cc1ccc(C)c(N2CC=C[C@]34S[C@@]5(C)/C=C\CCCOC(=O)[C@H]5[C@H]3C(=O)N([C@@H](CO)CC(C)C)C4C2=O)c1. The van der Waals surface area contributed by atoms with E-state index in [4.69, 9.17) is 4.74 Å². The summed E-state index contributed by atoms with van der Waals surface area (Å²) in [5, 5.41) is 10.5. The Kier molecular flexibility index (Phi) is 7.48. The number of aliphatic hydroxyl groups excluding tert-OH is 1. The number of nitrogens with zero attached hydrogens (tertiary/aromatic N) is 2. The van der Waals surface area contributed by atoms with Crippen molar-refractivity contribution in [2.75, 3.05) is 24.7 Å². The van der Waals surface area contributed by atoms with Crippen molar-refractivity contribution < 1.29 is 24.2 Å². The molecule has 2 amide bonds. The number of allylic oxidation sites excluding steroid dienone is 1. The van der Waals surface area contributed by atoms with Crippen LogP contribution >= 0.6 is 11.8 Å². The minimum absolute atomic E-state index is 0.174. The summed E-state index contributed by atoms with van der Waals surface area (Å²) < 4.78 is 4.03. The van der Waals surface area contributed by atoms with E-state index in [2.05, 4.69) is 12.2 Å². The normalized spacial score (nSPS) is 34.0. The Labute approximate surface area is 235 Å². The number of hydrogen-bond acceptors (Lipinski definition) is 6. The first-order valence-electron chi connectivity index (χ1n) is 14.1. The number of amides is 2. The second kappa shape index (κ2) is 10.4. The molecule has 4 aliphatic rings. The Morgan fingerprint density at radius 2 is 1.87 bits per heavy atom. The number of carbonyl (C=O) groups is 3. The molecule has 1 N–H and O–H groups in total. The molecule has 4 heterocycles. The number of benzene rings is 1. The molecule has 0 radical (unpaired) electrons. The number of thioether (sulfide) groups is 1. The quantitative estimate of drug-likeness (QED) is 0.435. The molecule has 4 aliphatic heterocycles. The molecule has 8 heteroatoms. The van der Waals surface area contributed by atoms with Gasteiger partial charge in [0.15, 0.2) is 0 Å². The molecule has 5 rings (SSSR count). The van der Waals surface area contributed by atoms with E-state index < -0.39 is 33.4 Å². The Bertz CT molecular complexity index is 1230. The lowest BCUT2D eigenvalue weighted by molar-refractivity contribution is -0.154. The van der Waals surface area contributed by atoms with Crippen molar-refractivity contribution in [1.82, 2.24) is 4.90 Å². The van der Waals surface area contributed by atoms with Crippen molar-refractivity contribution in [2.24, 2.45) is 17.8 Å². The fraction of sp³-hybridized carbons (Fsp3) is 0.581. The van der Waals surface area contributed by atoms with Gasteiger partial charge in [-0.3, -0.25) is 14.4 Å². The minimum Gasteiger partial charge on any atom is -0.465 e. The second-order valence-electron chi connectivity index (χ2n) is 12.1. The maximum Gasteiger partial charge on any atom is 0.311 e. The van der Waals surface area contributed by atoms with E-state index in [-0.39, 0.29) is 30.3 Å². The molecule has 0 bridgehead atoms. The van der Waals surface area contributed by atoms with Gasteiger partial charge in [-0.2, -0.15) is 0 Å². The molecule has 39 heavy (non-hydrogen) atoms. The summed E-state index contributed by atoms with van der Waals surface area (Å²) in [6.07, 6.45) is 10.2. The molecular formula is C31H40N2O5S. The molecule has 7 nitrogen and oxygen atoms in total. The zero-order valence-electron chi connectivity index (χ0n) is 23.6. The zero-order valence-corrected chi connectivity index (χ0v) is 24.4. The first-order chi connectivity index (χ1) is 18.5. The number of rotatable bonds is 5. The highest BCUT2D eigenvalue weighted by Gasteiger charge is 2.74. The third-order valence-corrected chi connectivity index (χ3v) is 10.5. The van der Waals surface area contributed by atoms with Crippen LogP contribution in [0, 0.1) is 31.6 Å². The van der Waals surface area contributed by atoms with Crippen LogP contribution in [-0.4, -0.2) is 69.1 Å². The summed E-state index contributed by atoms with van der Waals surface area (Å²) in [4.78, 5) is 46.3. The van der Waals surface area contributed by atoms with Crippen LogP contribution in [0.15, 0.2) is 42.5 Å². The highest BCUT2D eigenvalue weighted by Crippen LogP contribution is 2.65. The number of likely N-dealkylation sites (tertiary alicyclic amines) is 1. The minimum atomic E-state index is -0.965. The number of hydrogen-bond donors (Lipinski definition) is 1. The number of esters is 1. The van der Waals surface area contributed by atoms with Crippen molar-refractivity contribution >= 4 is 35.2 Å². The standard InChI is InChI=1S/C31H40N2O5S/c1-19(2)16-22(18-34)33-26-28(36)32(23-17-20(3)10-11-21(23)4)14-9-13-31(26)24(27(33)35)25-29(37)38-15-8-6-7-12-30(25,5)39-31/h7,9-13,17,19,22,24-26,34H,6,8,14-16,18H2,1-5H3/b12-7-/t22-,24+,25-,26?,30+,31+/m1/s1. The molecule has 0 aromatic heterocycles. The summed E-state index contributed by atoms with van der Waals surface area (Å²) in [6, 6.07) is 4.65. The van der Waals surface area contributed by atoms with Crippen LogP contribution in [0.25, 0.3) is 0 Å². The molecule has 1 aromatic rings. The van der Waals surface area contributed by atoms with E-state index in [0.717, 1.165) is 29.7 Å². The maximum atomic E-state index is 14.7. The van der Waals surface area contributed by atoms with Crippen molar-refractivity contribution in [2.45, 2.75) is 75.5 Å². The van der Waals surface area contributed by atoms with Gasteiger partial charge in [0, 0.05) is 17.0 Å². The first-order valence-corrected chi connectivity index (χ1v) is 14.9. The third-order valence-electron chi connectivity index (χ3n) is 8.69. The van der Waals surface area contributed by atoms with Crippen molar-refractivity contribution in [3.05, 3.63) is 53.6 Å². The summed E-state index contributed by atoms with van der Waals surface area (Å²) in [7, 11) is 0. The number of carbonyl (C=O) groups excluding carboxylic acids is 3. The van der Waals surface area contributed by atoms with Crippen LogP contribution in [0.3, 0.4) is 0 Å². The number of ether oxygens (including phenoxy) is 1. The van der Waals surface area contributed by atoms with Gasteiger partial charge < -0.3 is 19.6 Å². The number of anilines is 1. The molecular weight excluding hydrogens is 512 g/mol. The third kappa shape index (κ3) is 4.53. The number of aryl methyl sites for hydroxylation is 2. The topological polar surface area (TPSA) is 87.2 Å². The van der Waals surface area contributed by atoms with E-state index in [0.29, 0.717) is 19.6 Å². The van der Waals surface area contributed by atoms with Crippen LogP contribution in [0.4, 0.5) is 5.69 Å². The highest BCUT2D eigenvalue weighted by atomic mass is 32.2. The molecule has 1 spiro atoms. The monoisotopic (exact) mass is 552 g/mol. The van der Waals surface area contributed by atoms with Crippen molar-refractivity contribution in [1.29, 1.82) is 0 Å². The van der Waals surface area contributed by atoms with Crippen LogP contribution < -0.4 is 4.90 Å². The predicted octanol–water partition coefficient (Wildman–Crippen LogP) is 4.19. The van der Waals surface area contributed by atoms with Gasteiger partial charge in [0.2, 0.25) is 5.91 Å². The lowest BCUT2D eigenvalue weighted by Gasteiger charge is -2.40. The van der Waals surface area contributed by atoms with Crippen LogP contribution in [0.5, 0.6) is 0 Å². The maximum absolute atomic E-state index is 14.7. The van der Waals surface area contributed by atoms with E-state index in [9.17, 15) is 19.5 Å². The van der Waals surface area contributed by atoms with Gasteiger partial charge in [-0.15, -0.1) is 11.8 Å². The lowest BCUT2D eigenvalue weighted by Crippen LogP contribution is -2.57. The van der Waals surface area contributed by atoms with Crippen LogP contribution in [0.2, 0.25) is 0 Å². The Balaban J connectivity index is 1.69. The van der Waals surface area contributed by atoms with E-state index >= 15 is 0 Å². The number of fused-ring (bicyclic) bond motifs is 2. The molecule has 210 valence electrons. The fourth-order valence-electron chi connectivity index (χ4n) is 7.01. The van der Waals surface area contributed by atoms with E-state index in [1.54, 1.807) is 21.6 Å². The molecule has 0 aliphatic carbocycles. The zero-order chi connectivity index (χ0) is 28.1. The second-order valence-corrected chi connectivity index (χ2v) is 13.9. The lowest BCUT2D eigenvalue weighted by atomic mass is 9.74. The molecule has 1 unspecified atom stereocenters. The van der Waals surface area contributed by atoms with Gasteiger partial charge in [0.1, 0.15) is 6.04 Å². The summed E-state index contributed by atoms with van der Waals surface area (Å²) in [6.45, 7) is 10.5. The summed E-state index contributed by atoms with van der Waals surface area (Å²) in [5.74, 6) is -2.10. The van der Waals surface area contributed by atoms with Gasteiger partial charge in [0.05, 0.1) is 35.8 Å². The first kappa shape index (κ1) is 28.0. The number of cyclic esters (lactones) is 1. The summed E-state index contributed by atoms with van der Waals surface area (Å²) >= 11 is 1.54. The molecule has 6 atom stereocenters. The van der Waals surface area contributed by atoms with Crippen molar-refractivity contribution in [3.63, 3.8) is 0 Å². The molecule has 1 aromatic carbocycles. The van der Waals surface area contributed by atoms with Gasteiger partial charge in [0.25, 0.3) is 5.91 Å². The largest absolute Gasteiger partial charge is 0.465 e. The Hall–Kier alpha value is -2.58. The molecule has 2 fully saturated rings. The van der Waals surface area contributed by atoms with Gasteiger partial charge in [-0.1, -0.05) is 50.3 Å². The molecule has 2 saturated heterocycles. The smallest absolute Gasteiger partial charge is 0.311 e. The average Bonchev–Trinajstić information content (AvgIpc) is 3.23. The number of aliphatic hydroxyl groups is 1. The van der Waals surface area contributed by atoms with E-state index in [1.165, 1.54) is 0 Å². The Morgan fingerprint density at radius 1 is 1.10 bits per heavy atom. The van der Waals surface area contributed by atoms with Crippen LogP contribution in [-0.2, 0) is 19.1 Å². The predicted molar refractivity (Wildman–Crippen MR) is 153 cm³/mol. The van der Waals surface area contributed by atoms with Gasteiger partial charge in [-0.25, -0.2) is 0 Å². The highest BCUT2D eigenvalue weighted by molar-refractivity contribution is 8.02. The van der Waals surface area contributed by atoms with E-state index in [1.807, 2.05) is 65.0 Å². The molecule has 0 saturated carbocycles. The van der Waals surface area contributed by atoms with Gasteiger partial charge >= 0.3 is 5.97 Å². The van der Waals surface area contributed by atoms with Gasteiger partial charge in [-0.05, 0) is 63.1 Å². The van der Waals surface area contributed by atoms with Crippen molar-refractivity contribution in [3.8, 4) is 0 Å². The average molecular weight is 553 g/mol. The fourth-order valence-corrected chi connectivity index (χ4v) is 9.15. The summed E-state index contributed by atoms with van der Waals surface area (Å²) in [5.41, 5.74) is 2.84. The van der Waals surface area contributed by atoms with Crippen LogP contribution in [0.1, 0.15) is 51.2 Å². The Morgan fingerprint density at radius 3 is 2.59 bits per heavy atom.